The number of aryl methyl sites for hydroxylation is 1. The number of halogens is 1. The first-order valence-electron chi connectivity index (χ1n) is 8.40. The van der Waals surface area contributed by atoms with Crippen LogP contribution in [0.4, 0.5) is 0 Å². The Bertz CT molecular complexity index is 987. The molecule has 4 aromatic rings. The van der Waals surface area contributed by atoms with Crippen LogP contribution in [0.3, 0.4) is 0 Å². The monoisotopic (exact) mass is 330 g/mol. The summed E-state index contributed by atoms with van der Waals surface area (Å²) in [5.41, 5.74) is 2.55. The van der Waals surface area contributed by atoms with E-state index in [4.69, 9.17) is 11.6 Å². The second-order valence-corrected chi connectivity index (χ2v) is 6.82. The van der Waals surface area contributed by atoms with Crippen LogP contribution >= 0.6 is 11.6 Å². The van der Waals surface area contributed by atoms with Gasteiger partial charge in [0.05, 0.1) is 5.38 Å². The highest BCUT2D eigenvalue weighted by atomic mass is 35.5. The van der Waals surface area contributed by atoms with Gasteiger partial charge in [-0.25, -0.2) is 0 Å². The third-order valence-electron chi connectivity index (χ3n) is 4.64. The van der Waals surface area contributed by atoms with Gasteiger partial charge in [0.25, 0.3) is 0 Å². The minimum atomic E-state index is 0.0427. The highest BCUT2D eigenvalue weighted by Gasteiger charge is 2.09. The molecule has 0 aliphatic carbocycles. The van der Waals surface area contributed by atoms with Crippen molar-refractivity contribution in [3.05, 3.63) is 96.1 Å². The molecule has 0 saturated heterocycles. The van der Waals surface area contributed by atoms with E-state index in [2.05, 4.69) is 84.9 Å². The molecule has 0 bridgehead atoms. The molecule has 0 nitrogen and oxygen atoms in total. The van der Waals surface area contributed by atoms with Crippen molar-refractivity contribution < 1.29 is 0 Å². The Morgan fingerprint density at radius 3 is 1.92 bits per heavy atom. The fourth-order valence-electron chi connectivity index (χ4n) is 3.26. The zero-order chi connectivity index (χ0) is 16.4. The molecule has 1 heteroatoms. The predicted octanol–water partition coefficient (Wildman–Crippen LogP) is 6.91. The molecule has 118 valence electrons. The molecule has 24 heavy (non-hydrogen) atoms. The molecule has 1 unspecified atom stereocenters. The van der Waals surface area contributed by atoms with Crippen LogP contribution in [-0.4, -0.2) is 0 Å². The van der Waals surface area contributed by atoms with Gasteiger partial charge in [-0.2, -0.15) is 0 Å². The molecule has 0 aliphatic heterocycles. The first kappa shape index (κ1) is 15.2. The quantitative estimate of drug-likeness (QED) is 0.357. The molecule has 0 N–H and O–H groups in total. The van der Waals surface area contributed by atoms with E-state index < -0.39 is 0 Å². The van der Waals surface area contributed by atoms with E-state index in [-0.39, 0.29) is 5.38 Å². The van der Waals surface area contributed by atoms with Crippen LogP contribution < -0.4 is 0 Å². The Hall–Kier alpha value is -2.31. The van der Waals surface area contributed by atoms with E-state index in [0.717, 1.165) is 12.8 Å². The Balaban J connectivity index is 1.50. The van der Waals surface area contributed by atoms with Gasteiger partial charge in [-0.1, -0.05) is 78.9 Å². The van der Waals surface area contributed by atoms with E-state index in [1.807, 2.05) is 0 Å². The molecule has 0 aliphatic rings. The van der Waals surface area contributed by atoms with E-state index in [1.165, 1.54) is 32.7 Å². The van der Waals surface area contributed by atoms with Crippen molar-refractivity contribution in [1.29, 1.82) is 0 Å². The Morgan fingerprint density at radius 2 is 1.21 bits per heavy atom. The molecule has 0 heterocycles. The summed E-state index contributed by atoms with van der Waals surface area (Å²) < 4.78 is 0. The Morgan fingerprint density at radius 1 is 0.625 bits per heavy atom. The van der Waals surface area contributed by atoms with E-state index >= 15 is 0 Å². The summed E-state index contributed by atoms with van der Waals surface area (Å²) in [5.74, 6) is 0. The van der Waals surface area contributed by atoms with Gasteiger partial charge < -0.3 is 0 Å². The normalized spacial score (nSPS) is 12.5. The summed E-state index contributed by atoms with van der Waals surface area (Å²) in [7, 11) is 0. The van der Waals surface area contributed by atoms with Gasteiger partial charge >= 0.3 is 0 Å². The molecular formula is C23H19Cl. The third kappa shape index (κ3) is 3.16. The number of alkyl halides is 1. The molecule has 0 aromatic heterocycles. The number of hydrogen-bond donors (Lipinski definition) is 0. The lowest BCUT2D eigenvalue weighted by atomic mass is 9.99. The highest BCUT2D eigenvalue weighted by Crippen LogP contribution is 2.29. The summed E-state index contributed by atoms with van der Waals surface area (Å²) in [6.45, 7) is 0. The van der Waals surface area contributed by atoms with Crippen LogP contribution in [0, 0.1) is 0 Å². The summed E-state index contributed by atoms with van der Waals surface area (Å²) >= 11 is 6.67. The third-order valence-corrected chi connectivity index (χ3v) is 5.11. The molecule has 0 fully saturated rings. The van der Waals surface area contributed by atoms with Gasteiger partial charge in [0.1, 0.15) is 0 Å². The second-order valence-electron chi connectivity index (χ2n) is 6.29. The average molecular weight is 331 g/mol. The summed E-state index contributed by atoms with van der Waals surface area (Å²) in [4.78, 5) is 0. The number of rotatable bonds is 4. The maximum absolute atomic E-state index is 6.67. The number of hydrogen-bond acceptors (Lipinski definition) is 0. The van der Waals surface area contributed by atoms with Crippen molar-refractivity contribution >= 4 is 33.1 Å². The summed E-state index contributed by atoms with van der Waals surface area (Å²) in [6.07, 6.45) is 1.93. The van der Waals surface area contributed by atoms with Gasteiger partial charge in [-0.15, -0.1) is 11.6 Å². The lowest BCUT2D eigenvalue weighted by Gasteiger charge is -2.11. The predicted molar refractivity (Wildman–Crippen MR) is 105 cm³/mol. The first-order chi connectivity index (χ1) is 11.8. The smallest absolute Gasteiger partial charge is 0.0588 e. The molecular weight excluding hydrogens is 312 g/mol. The largest absolute Gasteiger partial charge is 0.118 e. The molecule has 4 rings (SSSR count). The van der Waals surface area contributed by atoms with E-state index in [0.29, 0.717) is 0 Å². The summed E-state index contributed by atoms with van der Waals surface area (Å²) in [5, 5.41) is 5.15. The average Bonchev–Trinajstić information content (AvgIpc) is 2.65. The molecule has 0 spiro atoms. The van der Waals surface area contributed by atoms with Crippen molar-refractivity contribution in [2.45, 2.75) is 18.2 Å². The van der Waals surface area contributed by atoms with Crippen LogP contribution in [0.5, 0.6) is 0 Å². The van der Waals surface area contributed by atoms with Gasteiger partial charge in [-0.05, 0) is 51.6 Å². The van der Waals surface area contributed by atoms with Crippen molar-refractivity contribution in [3.8, 4) is 0 Å². The van der Waals surface area contributed by atoms with E-state index in [9.17, 15) is 0 Å². The van der Waals surface area contributed by atoms with Crippen LogP contribution in [0.1, 0.15) is 22.9 Å². The Labute approximate surface area is 147 Å². The van der Waals surface area contributed by atoms with Crippen LogP contribution in [0.25, 0.3) is 21.5 Å². The minimum Gasteiger partial charge on any atom is -0.118 e. The lowest BCUT2D eigenvalue weighted by Crippen LogP contribution is -1.94. The molecule has 0 amide bonds. The van der Waals surface area contributed by atoms with Gasteiger partial charge in [0.15, 0.2) is 0 Å². The maximum atomic E-state index is 6.67. The summed E-state index contributed by atoms with van der Waals surface area (Å²) in [6, 6.07) is 30.1. The van der Waals surface area contributed by atoms with Crippen LogP contribution in [-0.2, 0) is 6.42 Å². The SMILES string of the molecule is ClC(CCc1ccc2ccccc2c1)c1ccc2ccccc2c1. The van der Waals surface area contributed by atoms with Crippen molar-refractivity contribution in [2.24, 2.45) is 0 Å². The van der Waals surface area contributed by atoms with Crippen molar-refractivity contribution in [1.82, 2.24) is 0 Å². The zero-order valence-electron chi connectivity index (χ0n) is 13.5. The van der Waals surface area contributed by atoms with Crippen molar-refractivity contribution in [3.63, 3.8) is 0 Å². The Kier molecular flexibility index (Phi) is 4.23. The first-order valence-corrected chi connectivity index (χ1v) is 8.84. The maximum Gasteiger partial charge on any atom is 0.0588 e. The van der Waals surface area contributed by atoms with Gasteiger partial charge in [0, 0.05) is 0 Å². The number of benzene rings is 4. The minimum absolute atomic E-state index is 0.0427. The lowest BCUT2D eigenvalue weighted by molar-refractivity contribution is 0.795. The molecule has 4 aromatic carbocycles. The fourth-order valence-corrected chi connectivity index (χ4v) is 3.50. The van der Waals surface area contributed by atoms with Crippen LogP contribution in [0.15, 0.2) is 84.9 Å². The van der Waals surface area contributed by atoms with Gasteiger partial charge in [-0.3, -0.25) is 0 Å². The zero-order valence-corrected chi connectivity index (χ0v) is 14.2. The van der Waals surface area contributed by atoms with Crippen LogP contribution in [0.2, 0.25) is 0 Å². The van der Waals surface area contributed by atoms with E-state index in [1.54, 1.807) is 0 Å². The molecule has 0 radical (unpaired) electrons. The van der Waals surface area contributed by atoms with Gasteiger partial charge in [0.2, 0.25) is 0 Å². The highest BCUT2D eigenvalue weighted by molar-refractivity contribution is 6.21. The standard InChI is InChI=1S/C23H19Cl/c24-23(22-13-12-19-6-2-4-8-21(19)16-22)14-10-17-9-11-18-5-1-3-7-20(18)15-17/h1-9,11-13,15-16,23H,10,14H2. The second kappa shape index (κ2) is 6.67. The molecule has 1 atom stereocenters. The fraction of sp³-hybridized carbons (Fsp3) is 0.130. The van der Waals surface area contributed by atoms with Crippen molar-refractivity contribution in [2.75, 3.05) is 0 Å². The molecule has 0 saturated carbocycles. The number of fused-ring (bicyclic) bond motifs is 2. The topological polar surface area (TPSA) is 0 Å².